The van der Waals surface area contributed by atoms with E-state index in [1.807, 2.05) is 37.4 Å². The van der Waals surface area contributed by atoms with Gasteiger partial charge in [0, 0.05) is 10.9 Å². The molecule has 3 rings (SSSR count). The van der Waals surface area contributed by atoms with Crippen LogP contribution >= 0.6 is 11.3 Å². The molecule has 0 aliphatic heterocycles. The molecule has 3 aromatic rings. The second-order valence-electron chi connectivity index (χ2n) is 5.81. The summed E-state index contributed by atoms with van der Waals surface area (Å²) in [4.78, 5) is 16.8. The molecular weight excluding hydrogens is 351 g/mol. The van der Waals surface area contributed by atoms with E-state index in [2.05, 4.69) is 10.3 Å². The Kier molecular flexibility index (Phi) is 5.63. The maximum atomic E-state index is 13.3. The van der Waals surface area contributed by atoms with Gasteiger partial charge in [0.05, 0.1) is 24.4 Å². The maximum absolute atomic E-state index is 13.3. The van der Waals surface area contributed by atoms with E-state index in [4.69, 9.17) is 4.74 Å². The molecule has 0 atom stereocenters. The van der Waals surface area contributed by atoms with Crippen LogP contribution < -0.4 is 10.1 Å². The normalized spacial score (nSPS) is 10.6. The molecule has 0 fully saturated rings. The molecule has 0 radical (unpaired) electrons. The Balaban J connectivity index is 1.69. The molecule has 0 aliphatic rings. The number of anilines is 1. The van der Waals surface area contributed by atoms with Gasteiger partial charge in [-0.25, -0.2) is 9.37 Å². The number of thiazole rings is 1. The van der Waals surface area contributed by atoms with Crippen molar-refractivity contribution in [2.75, 3.05) is 11.9 Å². The fraction of sp³-hybridized carbons (Fsp3) is 0.200. The van der Waals surface area contributed by atoms with E-state index in [1.54, 1.807) is 12.1 Å². The van der Waals surface area contributed by atoms with E-state index >= 15 is 0 Å². The van der Waals surface area contributed by atoms with Crippen molar-refractivity contribution in [3.8, 4) is 16.3 Å². The minimum Gasteiger partial charge on any atom is -0.492 e. The summed E-state index contributed by atoms with van der Waals surface area (Å²) in [7, 11) is 0. The molecule has 0 saturated carbocycles. The third-order valence-corrected chi connectivity index (χ3v) is 4.62. The monoisotopic (exact) mass is 370 g/mol. The molecule has 0 aliphatic carbocycles. The quantitative estimate of drug-likeness (QED) is 0.676. The molecule has 6 heteroatoms. The van der Waals surface area contributed by atoms with Crippen molar-refractivity contribution < 1.29 is 13.9 Å². The van der Waals surface area contributed by atoms with E-state index in [0.717, 1.165) is 5.56 Å². The number of carbonyl (C=O) groups is 1. The number of carbonyl (C=O) groups excluding carboxylic acids is 1. The lowest BCUT2D eigenvalue weighted by Gasteiger charge is -2.12. The molecule has 1 aromatic heterocycles. The number of aromatic nitrogens is 1. The Hall–Kier alpha value is -2.73. The lowest BCUT2D eigenvalue weighted by molar-refractivity contribution is -0.115. The number of nitrogens with zero attached hydrogens (tertiary/aromatic N) is 1. The molecule has 0 saturated heterocycles. The summed E-state index contributed by atoms with van der Waals surface area (Å²) in [5, 5.41) is 5.38. The van der Waals surface area contributed by atoms with E-state index in [1.165, 1.54) is 23.5 Å². The Morgan fingerprint density at radius 3 is 2.88 bits per heavy atom. The fourth-order valence-electron chi connectivity index (χ4n) is 2.51. The number of aryl methyl sites for hydroxylation is 1. The zero-order chi connectivity index (χ0) is 18.5. The SMILES string of the molecule is CCOc1cc(C)ccc1NC(=O)Cc1csc(-c2cccc(F)c2)n1. The minimum absolute atomic E-state index is 0.144. The van der Waals surface area contributed by atoms with Gasteiger partial charge in [0.15, 0.2) is 0 Å². The molecule has 26 heavy (non-hydrogen) atoms. The molecule has 0 unspecified atom stereocenters. The predicted octanol–water partition coefficient (Wildman–Crippen LogP) is 4.84. The zero-order valence-corrected chi connectivity index (χ0v) is 15.4. The Bertz CT molecular complexity index is 924. The number of hydrogen-bond acceptors (Lipinski definition) is 4. The van der Waals surface area contributed by atoms with Crippen molar-refractivity contribution in [2.45, 2.75) is 20.3 Å². The van der Waals surface area contributed by atoms with Crippen LogP contribution in [0.2, 0.25) is 0 Å². The maximum Gasteiger partial charge on any atom is 0.230 e. The number of rotatable bonds is 6. The van der Waals surface area contributed by atoms with Gasteiger partial charge in [0.25, 0.3) is 0 Å². The van der Waals surface area contributed by atoms with Crippen molar-refractivity contribution in [1.29, 1.82) is 0 Å². The fourth-order valence-corrected chi connectivity index (χ4v) is 3.33. The van der Waals surface area contributed by atoms with Crippen LogP contribution in [-0.2, 0) is 11.2 Å². The summed E-state index contributed by atoms with van der Waals surface area (Å²) in [5.74, 6) is 0.172. The first kappa shape index (κ1) is 18.1. The number of benzene rings is 2. The predicted molar refractivity (Wildman–Crippen MR) is 102 cm³/mol. The molecule has 1 N–H and O–H groups in total. The lowest BCUT2D eigenvalue weighted by Crippen LogP contribution is -2.15. The van der Waals surface area contributed by atoms with Gasteiger partial charge in [0.2, 0.25) is 5.91 Å². The standard InChI is InChI=1S/C20H19FN2O2S/c1-3-25-18-9-13(2)7-8-17(18)23-19(24)11-16-12-26-20(22-16)14-5-4-6-15(21)10-14/h4-10,12H,3,11H2,1-2H3,(H,23,24). The van der Waals surface area contributed by atoms with Crippen LogP contribution in [0.5, 0.6) is 5.75 Å². The molecule has 1 heterocycles. The summed E-state index contributed by atoms with van der Waals surface area (Å²) in [5.41, 5.74) is 3.06. The first-order valence-electron chi connectivity index (χ1n) is 8.29. The highest BCUT2D eigenvalue weighted by Gasteiger charge is 2.12. The van der Waals surface area contributed by atoms with Crippen molar-refractivity contribution in [1.82, 2.24) is 4.98 Å². The zero-order valence-electron chi connectivity index (χ0n) is 14.6. The van der Waals surface area contributed by atoms with Crippen LogP contribution in [0.25, 0.3) is 10.6 Å². The number of hydrogen-bond donors (Lipinski definition) is 1. The van der Waals surface area contributed by atoms with E-state index in [-0.39, 0.29) is 18.1 Å². The van der Waals surface area contributed by atoms with Gasteiger partial charge < -0.3 is 10.1 Å². The summed E-state index contributed by atoms with van der Waals surface area (Å²) in [6.07, 6.45) is 0.144. The van der Waals surface area contributed by atoms with Crippen LogP contribution in [-0.4, -0.2) is 17.5 Å². The second kappa shape index (κ2) is 8.10. The highest BCUT2D eigenvalue weighted by Crippen LogP contribution is 2.27. The molecule has 2 aromatic carbocycles. The molecule has 1 amide bonds. The third kappa shape index (κ3) is 4.46. The molecule has 0 spiro atoms. The van der Waals surface area contributed by atoms with Gasteiger partial charge in [-0.2, -0.15) is 0 Å². The Morgan fingerprint density at radius 1 is 1.27 bits per heavy atom. The topological polar surface area (TPSA) is 51.2 Å². The highest BCUT2D eigenvalue weighted by molar-refractivity contribution is 7.13. The third-order valence-electron chi connectivity index (χ3n) is 3.68. The van der Waals surface area contributed by atoms with Crippen LogP contribution in [0.4, 0.5) is 10.1 Å². The van der Waals surface area contributed by atoms with Crippen LogP contribution in [0.3, 0.4) is 0 Å². The van der Waals surface area contributed by atoms with Gasteiger partial charge in [-0.15, -0.1) is 11.3 Å². The van der Waals surface area contributed by atoms with Gasteiger partial charge in [-0.1, -0.05) is 18.2 Å². The number of halogens is 1. The first-order valence-corrected chi connectivity index (χ1v) is 9.16. The van der Waals surface area contributed by atoms with Crippen molar-refractivity contribution >= 4 is 22.9 Å². The summed E-state index contributed by atoms with van der Waals surface area (Å²) < 4.78 is 18.9. The van der Waals surface area contributed by atoms with Gasteiger partial charge in [-0.05, 0) is 43.7 Å². The van der Waals surface area contributed by atoms with Crippen molar-refractivity contribution in [2.24, 2.45) is 0 Å². The number of amides is 1. The minimum atomic E-state index is -0.306. The van der Waals surface area contributed by atoms with Gasteiger partial charge >= 0.3 is 0 Å². The average Bonchev–Trinajstić information content (AvgIpc) is 3.06. The number of ether oxygens (including phenoxy) is 1. The van der Waals surface area contributed by atoms with E-state index in [9.17, 15) is 9.18 Å². The smallest absolute Gasteiger partial charge is 0.230 e. The molecule has 0 bridgehead atoms. The largest absolute Gasteiger partial charge is 0.492 e. The molecule has 4 nitrogen and oxygen atoms in total. The molecule has 134 valence electrons. The average molecular weight is 370 g/mol. The van der Waals surface area contributed by atoms with Crippen LogP contribution in [0, 0.1) is 12.7 Å². The number of nitrogens with one attached hydrogen (secondary N) is 1. The Labute approximate surface area is 155 Å². The van der Waals surface area contributed by atoms with E-state index < -0.39 is 0 Å². The van der Waals surface area contributed by atoms with Gasteiger partial charge in [0.1, 0.15) is 16.6 Å². The van der Waals surface area contributed by atoms with Crippen LogP contribution in [0.15, 0.2) is 47.8 Å². The summed E-state index contributed by atoms with van der Waals surface area (Å²) in [6, 6.07) is 11.9. The summed E-state index contributed by atoms with van der Waals surface area (Å²) in [6.45, 7) is 4.39. The van der Waals surface area contributed by atoms with Crippen molar-refractivity contribution in [3.05, 3.63) is 64.9 Å². The van der Waals surface area contributed by atoms with E-state index in [0.29, 0.717) is 34.3 Å². The van der Waals surface area contributed by atoms with Gasteiger partial charge in [-0.3, -0.25) is 4.79 Å². The second-order valence-corrected chi connectivity index (χ2v) is 6.67. The first-order chi connectivity index (χ1) is 12.5. The van der Waals surface area contributed by atoms with Crippen molar-refractivity contribution in [3.63, 3.8) is 0 Å². The molecular formula is C20H19FN2O2S. The highest BCUT2D eigenvalue weighted by atomic mass is 32.1. The van der Waals surface area contributed by atoms with Crippen LogP contribution in [0.1, 0.15) is 18.2 Å². The summed E-state index contributed by atoms with van der Waals surface area (Å²) >= 11 is 1.39. The lowest BCUT2D eigenvalue weighted by atomic mass is 10.2. The Morgan fingerprint density at radius 2 is 2.12 bits per heavy atom.